The highest BCUT2D eigenvalue weighted by Crippen LogP contribution is 2.68. The molecule has 2 aliphatic carbocycles. The molecule has 2 fully saturated rings. The van der Waals surface area contributed by atoms with Gasteiger partial charge in [-0.25, -0.2) is 9.97 Å². The van der Waals surface area contributed by atoms with Gasteiger partial charge < -0.3 is 24.8 Å². The van der Waals surface area contributed by atoms with Crippen molar-refractivity contribution < 1.29 is 19.7 Å². The van der Waals surface area contributed by atoms with E-state index in [1.54, 1.807) is 26.2 Å². The minimum absolute atomic E-state index is 0.226. The van der Waals surface area contributed by atoms with Crippen LogP contribution in [0.1, 0.15) is 30.1 Å². The third-order valence-electron chi connectivity index (χ3n) is 6.33. The molecule has 0 bridgehead atoms. The zero-order valence-corrected chi connectivity index (χ0v) is 18.9. The Morgan fingerprint density at radius 3 is 2.88 bits per heavy atom. The fourth-order valence-electron chi connectivity index (χ4n) is 4.80. The first-order valence-electron chi connectivity index (χ1n) is 10.3. The molecule has 0 spiro atoms. The molecule has 3 aromatic rings. The summed E-state index contributed by atoms with van der Waals surface area (Å²) in [5, 5.41) is 25.4. The topological polar surface area (TPSA) is 110 Å². The number of anilines is 1. The molecule has 2 aliphatic rings. The lowest BCUT2D eigenvalue weighted by Gasteiger charge is -2.24. The van der Waals surface area contributed by atoms with Crippen LogP contribution in [0.25, 0.3) is 11.0 Å². The molecular formula is C22H21ClN4O4S. The number of nitrogens with one attached hydrogen (secondary N) is 1. The summed E-state index contributed by atoms with van der Waals surface area (Å²) in [4.78, 5) is 22.5. The van der Waals surface area contributed by atoms with Crippen LogP contribution in [0.3, 0.4) is 0 Å². The van der Waals surface area contributed by atoms with Crippen molar-refractivity contribution >= 4 is 45.8 Å². The molecular weight excluding hydrogens is 452 g/mol. The fourth-order valence-corrected chi connectivity index (χ4v) is 5.70. The van der Waals surface area contributed by atoms with Gasteiger partial charge in [0.1, 0.15) is 23.0 Å². The van der Waals surface area contributed by atoms with Crippen molar-refractivity contribution in [2.75, 3.05) is 19.0 Å². The number of carbonyl (C=O) groups excluding carboxylic acids is 1. The third kappa shape index (κ3) is 3.10. The maximum absolute atomic E-state index is 12.6. The van der Waals surface area contributed by atoms with Gasteiger partial charge in [-0.1, -0.05) is 11.6 Å². The number of nitrogens with zero attached hydrogens (tertiary/aromatic N) is 3. The predicted octanol–water partition coefficient (Wildman–Crippen LogP) is 2.43. The summed E-state index contributed by atoms with van der Waals surface area (Å²) in [6.45, 7) is 1.95. The minimum Gasteiger partial charge on any atom is -0.465 e. The Morgan fingerprint density at radius 2 is 2.19 bits per heavy atom. The van der Waals surface area contributed by atoms with Gasteiger partial charge in [0.15, 0.2) is 0 Å². The quantitative estimate of drug-likeness (QED) is 0.395. The van der Waals surface area contributed by atoms with Crippen LogP contribution in [0, 0.1) is 23.2 Å². The molecule has 5 atom stereocenters. The van der Waals surface area contributed by atoms with Crippen molar-refractivity contribution in [1.29, 1.82) is 0 Å². The van der Waals surface area contributed by atoms with E-state index in [0.29, 0.717) is 28.0 Å². The van der Waals surface area contributed by atoms with Gasteiger partial charge in [-0.15, -0.1) is 11.3 Å². The van der Waals surface area contributed by atoms with Crippen molar-refractivity contribution in [2.24, 2.45) is 11.3 Å². The summed E-state index contributed by atoms with van der Waals surface area (Å²) >= 11 is 7.34. The number of fused-ring (bicyclic) bond motifs is 2. The van der Waals surface area contributed by atoms with E-state index in [-0.39, 0.29) is 12.5 Å². The normalized spacial score (nSPS) is 28.2. The Hall–Kier alpha value is -2.64. The van der Waals surface area contributed by atoms with Crippen LogP contribution in [-0.2, 0) is 9.53 Å². The zero-order chi connectivity index (χ0) is 22.6. The Labute approximate surface area is 193 Å². The van der Waals surface area contributed by atoms with E-state index in [1.165, 1.54) is 11.3 Å². The molecule has 0 aromatic carbocycles. The van der Waals surface area contributed by atoms with Crippen LogP contribution in [0.5, 0.6) is 0 Å². The Balaban J connectivity index is 1.56. The maximum Gasteiger partial charge on any atom is 0.315 e. The molecule has 0 unspecified atom stereocenters. The smallest absolute Gasteiger partial charge is 0.315 e. The molecule has 3 heterocycles. The Bertz CT molecular complexity index is 1280. The first-order chi connectivity index (χ1) is 15.4. The van der Waals surface area contributed by atoms with Gasteiger partial charge in [-0.2, -0.15) is 0 Å². The number of esters is 1. The standard InChI is InChI=1S/C22H21ClN4O4S/c1-3-31-21(30)22-10-13(22)16(17(28)18(22)29)27-9-8-12-19(24-2)25-15(26-20(12)27)7-5-11-4-6-14(23)32-11/h4,6,8-9,13,16-18,28-29H,3,10H2,1-2H3,(H,24,25,26)/t13-,16-,17+,18+,22-/m1/s1. The van der Waals surface area contributed by atoms with Gasteiger partial charge in [0.05, 0.1) is 33.4 Å². The van der Waals surface area contributed by atoms with Gasteiger partial charge in [0.2, 0.25) is 5.82 Å². The number of hydrogen-bond acceptors (Lipinski definition) is 8. The molecule has 5 rings (SSSR count). The molecule has 3 N–H and O–H groups in total. The molecule has 10 heteroatoms. The van der Waals surface area contributed by atoms with Gasteiger partial charge in [-0.3, -0.25) is 4.79 Å². The van der Waals surface area contributed by atoms with Crippen molar-refractivity contribution in [1.82, 2.24) is 14.5 Å². The molecule has 0 aliphatic heterocycles. The van der Waals surface area contributed by atoms with E-state index in [1.807, 2.05) is 16.7 Å². The highest BCUT2D eigenvalue weighted by molar-refractivity contribution is 7.16. The second-order valence-electron chi connectivity index (χ2n) is 7.96. The lowest BCUT2D eigenvalue weighted by atomic mass is 9.99. The number of aliphatic hydroxyl groups is 2. The lowest BCUT2D eigenvalue weighted by Crippen LogP contribution is -2.38. The zero-order valence-electron chi connectivity index (χ0n) is 17.4. The number of aliphatic hydroxyl groups excluding tert-OH is 2. The van der Waals surface area contributed by atoms with Gasteiger partial charge >= 0.3 is 5.97 Å². The number of ether oxygens (including phenoxy) is 1. The highest BCUT2D eigenvalue weighted by atomic mass is 35.5. The molecule has 8 nitrogen and oxygen atoms in total. The van der Waals surface area contributed by atoms with E-state index in [9.17, 15) is 15.0 Å². The molecule has 2 saturated carbocycles. The van der Waals surface area contributed by atoms with E-state index in [0.717, 1.165) is 10.3 Å². The van der Waals surface area contributed by atoms with Gasteiger partial charge in [0, 0.05) is 19.2 Å². The molecule has 0 saturated heterocycles. The fraction of sp³-hybridized carbons (Fsp3) is 0.409. The molecule has 166 valence electrons. The lowest BCUT2D eigenvalue weighted by molar-refractivity contribution is -0.156. The molecule has 0 radical (unpaired) electrons. The van der Waals surface area contributed by atoms with Crippen LogP contribution in [0.4, 0.5) is 5.82 Å². The average Bonchev–Trinajstić information content (AvgIpc) is 3.03. The van der Waals surface area contributed by atoms with E-state index < -0.39 is 29.6 Å². The predicted molar refractivity (Wildman–Crippen MR) is 121 cm³/mol. The summed E-state index contributed by atoms with van der Waals surface area (Å²) in [6, 6.07) is 4.95. The third-order valence-corrected chi connectivity index (χ3v) is 7.48. The van der Waals surface area contributed by atoms with E-state index in [2.05, 4.69) is 27.1 Å². The van der Waals surface area contributed by atoms with Crippen LogP contribution >= 0.6 is 22.9 Å². The van der Waals surface area contributed by atoms with Crippen molar-refractivity contribution in [3.8, 4) is 11.8 Å². The molecule has 0 amide bonds. The average molecular weight is 473 g/mol. The van der Waals surface area contributed by atoms with E-state index >= 15 is 0 Å². The monoisotopic (exact) mass is 472 g/mol. The van der Waals surface area contributed by atoms with E-state index in [4.69, 9.17) is 16.3 Å². The summed E-state index contributed by atoms with van der Waals surface area (Å²) in [5.41, 5.74) is -0.489. The van der Waals surface area contributed by atoms with Crippen LogP contribution < -0.4 is 5.32 Å². The SMILES string of the molecule is CCOC(=O)[C@]12C[C@@H]1[C@@H](n1ccc3c(NC)nc(C#Cc4ccc(Cl)s4)nc31)[C@H](O)[C@@H]2O. The first-order valence-corrected chi connectivity index (χ1v) is 11.5. The second-order valence-corrected chi connectivity index (χ2v) is 9.67. The summed E-state index contributed by atoms with van der Waals surface area (Å²) in [7, 11) is 1.76. The summed E-state index contributed by atoms with van der Waals surface area (Å²) in [6.07, 6.45) is -0.0483. The van der Waals surface area contributed by atoms with Gasteiger partial charge in [0.25, 0.3) is 0 Å². The van der Waals surface area contributed by atoms with Crippen molar-refractivity contribution in [3.05, 3.63) is 39.4 Å². The minimum atomic E-state index is -1.19. The Morgan fingerprint density at radius 1 is 1.38 bits per heavy atom. The largest absolute Gasteiger partial charge is 0.465 e. The number of aromatic nitrogens is 3. The molecule has 32 heavy (non-hydrogen) atoms. The Kier molecular flexibility index (Phi) is 5.13. The summed E-state index contributed by atoms with van der Waals surface area (Å²) < 4.78 is 7.66. The second kappa shape index (κ2) is 7.74. The highest BCUT2D eigenvalue weighted by Gasteiger charge is 2.76. The number of halogens is 1. The van der Waals surface area contributed by atoms with Crippen LogP contribution in [0.15, 0.2) is 24.4 Å². The maximum atomic E-state index is 12.6. The van der Waals surface area contributed by atoms with Crippen molar-refractivity contribution in [3.63, 3.8) is 0 Å². The number of hydrogen-bond donors (Lipinski definition) is 3. The van der Waals surface area contributed by atoms with Crippen LogP contribution in [-0.4, -0.2) is 56.6 Å². The molecule has 3 aromatic heterocycles. The van der Waals surface area contributed by atoms with Crippen molar-refractivity contribution in [2.45, 2.75) is 31.6 Å². The number of carbonyl (C=O) groups is 1. The number of rotatable bonds is 4. The van der Waals surface area contributed by atoms with Gasteiger partial charge in [-0.05, 0) is 43.4 Å². The first kappa shape index (κ1) is 21.2. The number of thiophene rings is 1. The van der Waals surface area contributed by atoms with Crippen LogP contribution in [0.2, 0.25) is 4.34 Å². The summed E-state index contributed by atoms with van der Waals surface area (Å²) in [5.74, 6) is 6.21.